The van der Waals surface area contributed by atoms with Crippen molar-refractivity contribution in [3.05, 3.63) is 28.3 Å². The maximum absolute atomic E-state index is 12.3. The molecular formula is C12H17N3O4S. The van der Waals surface area contributed by atoms with Crippen molar-refractivity contribution in [1.29, 1.82) is 0 Å². The van der Waals surface area contributed by atoms with E-state index in [0.29, 0.717) is 12.2 Å². The Hall–Kier alpha value is -1.67. The van der Waals surface area contributed by atoms with Gasteiger partial charge in [-0.15, -0.1) is 0 Å². The van der Waals surface area contributed by atoms with Gasteiger partial charge < -0.3 is 5.32 Å². The van der Waals surface area contributed by atoms with Gasteiger partial charge in [-0.1, -0.05) is 6.92 Å². The van der Waals surface area contributed by atoms with Crippen LogP contribution in [0, 0.1) is 16.0 Å². The summed E-state index contributed by atoms with van der Waals surface area (Å²) in [5, 5.41) is 13.9. The second-order valence-corrected chi connectivity index (χ2v) is 6.59. The minimum absolute atomic E-state index is 0.123. The van der Waals surface area contributed by atoms with E-state index in [0.717, 1.165) is 6.42 Å². The van der Waals surface area contributed by atoms with Gasteiger partial charge in [-0.2, -0.15) is 0 Å². The summed E-state index contributed by atoms with van der Waals surface area (Å²) < 4.78 is 27.0. The van der Waals surface area contributed by atoms with Crippen molar-refractivity contribution in [3.63, 3.8) is 0 Å². The van der Waals surface area contributed by atoms with Crippen LogP contribution < -0.4 is 10.0 Å². The van der Waals surface area contributed by atoms with Gasteiger partial charge in [0.2, 0.25) is 10.0 Å². The molecule has 1 aromatic carbocycles. The number of nitrogens with zero attached hydrogens (tertiary/aromatic N) is 1. The molecule has 0 bridgehead atoms. The van der Waals surface area contributed by atoms with Crippen molar-refractivity contribution in [1.82, 2.24) is 4.72 Å². The van der Waals surface area contributed by atoms with E-state index in [1.54, 1.807) is 0 Å². The molecule has 0 amide bonds. The fraction of sp³-hybridized carbons (Fsp3) is 0.500. The first kappa shape index (κ1) is 14.7. The van der Waals surface area contributed by atoms with Gasteiger partial charge in [0.1, 0.15) is 0 Å². The summed E-state index contributed by atoms with van der Waals surface area (Å²) in [7, 11) is -3.88. The normalized spacial score (nSPS) is 21.5. The maximum atomic E-state index is 12.3. The standard InChI is InChI=1S/C12H17N3O4S/c1-3-13-9-4-5-11(15(16)17)12(7-9)20(18,19)14-10-6-8(10)2/h4-5,7-8,10,13-14H,3,6H2,1-2H3. The number of nitro groups is 1. The second-order valence-electron chi connectivity index (χ2n) is 4.91. The van der Waals surface area contributed by atoms with E-state index in [1.807, 2.05) is 13.8 Å². The van der Waals surface area contributed by atoms with Gasteiger partial charge in [0, 0.05) is 24.3 Å². The van der Waals surface area contributed by atoms with Crippen LogP contribution in [0.3, 0.4) is 0 Å². The van der Waals surface area contributed by atoms with E-state index in [4.69, 9.17) is 0 Å². The molecule has 0 aromatic heterocycles. The predicted molar refractivity (Wildman–Crippen MR) is 75.2 cm³/mol. The summed E-state index contributed by atoms with van der Waals surface area (Å²) in [5.74, 6) is 0.279. The van der Waals surface area contributed by atoms with Gasteiger partial charge in [-0.05, 0) is 31.4 Å². The van der Waals surface area contributed by atoms with Crippen molar-refractivity contribution in [2.24, 2.45) is 5.92 Å². The predicted octanol–water partition coefficient (Wildman–Crippen LogP) is 1.71. The van der Waals surface area contributed by atoms with Crippen LogP contribution in [-0.2, 0) is 10.0 Å². The molecule has 7 nitrogen and oxygen atoms in total. The number of nitro benzene ring substituents is 1. The average Bonchev–Trinajstić information content (AvgIpc) is 3.04. The molecule has 1 saturated carbocycles. The van der Waals surface area contributed by atoms with Crippen LogP contribution >= 0.6 is 0 Å². The Morgan fingerprint density at radius 1 is 1.45 bits per heavy atom. The van der Waals surface area contributed by atoms with Gasteiger partial charge >= 0.3 is 0 Å². The number of sulfonamides is 1. The highest BCUT2D eigenvalue weighted by atomic mass is 32.2. The number of rotatable bonds is 6. The Morgan fingerprint density at radius 2 is 2.10 bits per heavy atom. The minimum Gasteiger partial charge on any atom is -0.385 e. The van der Waals surface area contributed by atoms with Crippen molar-refractivity contribution in [2.45, 2.75) is 31.2 Å². The van der Waals surface area contributed by atoms with Gasteiger partial charge in [0.15, 0.2) is 4.90 Å². The number of hydrogen-bond donors (Lipinski definition) is 2. The highest BCUT2D eigenvalue weighted by Gasteiger charge is 2.38. The molecule has 2 unspecified atom stereocenters. The van der Waals surface area contributed by atoms with E-state index in [-0.39, 0.29) is 16.9 Å². The largest absolute Gasteiger partial charge is 0.385 e. The highest BCUT2D eigenvalue weighted by molar-refractivity contribution is 7.89. The molecule has 1 aromatic rings. The molecule has 20 heavy (non-hydrogen) atoms. The highest BCUT2D eigenvalue weighted by Crippen LogP contribution is 2.33. The smallest absolute Gasteiger partial charge is 0.289 e. The minimum atomic E-state index is -3.88. The molecule has 0 heterocycles. The second kappa shape index (κ2) is 5.37. The van der Waals surface area contributed by atoms with Crippen LogP contribution in [0.4, 0.5) is 11.4 Å². The molecule has 2 rings (SSSR count). The first-order valence-corrected chi connectivity index (χ1v) is 7.88. The molecule has 0 radical (unpaired) electrons. The van der Waals surface area contributed by atoms with Crippen molar-refractivity contribution in [3.8, 4) is 0 Å². The van der Waals surface area contributed by atoms with Crippen LogP contribution in [0.5, 0.6) is 0 Å². The number of anilines is 1. The summed E-state index contributed by atoms with van der Waals surface area (Å²) in [6.45, 7) is 4.39. The lowest BCUT2D eigenvalue weighted by molar-refractivity contribution is -0.387. The average molecular weight is 299 g/mol. The van der Waals surface area contributed by atoms with Crippen LogP contribution in [0.1, 0.15) is 20.3 Å². The SMILES string of the molecule is CCNc1ccc([N+](=O)[O-])c(S(=O)(=O)NC2CC2C)c1. The lowest BCUT2D eigenvalue weighted by Gasteiger charge is -2.09. The molecule has 0 saturated heterocycles. The van der Waals surface area contributed by atoms with Crippen LogP contribution in [0.2, 0.25) is 0 Å². The van der Waals surface area contributed by atoms with E-state index in [1.165, 1.54) is 18.2 Å². The molecule has 1 fully saturated rings. The van der Waals surface area contributed by atoms with Crippen LogP contribution in [0.15, 0.2) is 23.1 Å². The van der Waals surface area contributed by atoms with E-state index in [9.17, 15) is 18.5 Å². The zero-order valence-electron chi connectivity index (χ0n) is 11.3. The van der Waals surface area contributed by atoms with Gasteiger partial charge in [0.05, 0.1) is 4.92 Å². The molecule has 8 heteroatoms. The topological polar surface area (TPSA) is 101 Å². The van der Waals surface area contributed by atoms with Crippen LogP contribution in [0.25, 0.3) is 0 Å². The molecule has 0 spiro atoms. The zero-order valence-corrected chi connectivity index (χ0v) is 12.1. The first-order valence-electron chi connectivity index (χ1n) is 6.39. The third-order valence-electron chi connectivity index (χ3n) is 3.24. The first-order chi connectivity index (χ1) is 9.35. The molecule has 110 valence electrons. The Bertz CT molecular complexity index is 630. The summed E-state index contributed by atoms with van der Waals surface area (Å²) >= 11 is 0. The van der Waals surface area contributed by atoms with Crippen molar-refractivity contribution >= 4 is 21.4 Å². The lowest BCUT2D eigenvalue weighted by atomic mass is 10.3. The van der Waals surface area contributed by atoms with Crippen molar-refractivity contribution < 1.29 is 13.3 Å². The molecule has 2 N–H and O–H groups in total. The molecule has 0 aliphatic heterocycles. The summed E-state index contributed by atoms with van der Waals surface area (Å²) in [6, 6.07) is 3.89. The molecule has 1 aliphatic rings. The molecule has 2 atom stereocenters. The summed E-state index contributed by atoms with van der Waals surface area (Å²) in [5.41, 5.74) is 0.134. The quantitative estimate of drug-likeness (QED) is 0.615. The summed E-state index contributed by atoms with van der Waals surface area (Å²) in [6.07, 6.45) is 0.764. The summed E-state index contributed by atoms with van der Waals surface area (Å²) in [4.78, 5) is 10.0. The molecular weight excluding hydrogens is 282 g/mol. The number of nitrogens with one attached hydrogen (secondary N) is 2. The molecule has 1 aliphatic carbocycles. The third-order valence-corrected chi connectivity index (χ3v) is 4.76. The van der Waals surface area contributed by atoms with E-state index < -0.39 is 20.6 Å². The van der Waals surface area contributed by atoms with E-state index in [2.05, 4.69) is 10.0 Å². The monoisotopic (exact) mass is 299 g/mol. The van der Waals surface area contributed by atoms with Crippen LogP contribution in [-0.4, -0.2) is 25.9 Å². The van der Waals surface area contributed by atoms with Gasteiger partial charge in [0.25, 0.3) is 5.69 Å². The van der Waals surface area contributed by atoms with Crippen molar-refractivity contribution in [2.75, 3.05) is 11.9 Å². The maximum Gasteiger partial charge on any atom is 0.289 e. The third kappa shape index (κ3) is 3.07. The fourth-order valence-electron chi connectivity index (χ4n) is 1.94. The Morgan fingerprint density at radius 3 is 2.60 bits per heavy atom. The van der Waals surface area contributed by atoms with E-state index >= 15 is 0 Å². The zero-order chi connectivity index (χ0) is 14.9. The lowest BCUT2D eigenvalue weighted by Crippen LogP contribution is -2.27. The van der Waals surface area contributed by atoms with Gasteiger partial charge in [-0.25, -0.2) is 13.1 Å². The Kier molecular flexibility index (Phi) is 3.96. The number of benzene rings is 1. The Labute approximate surface area is 117 Å². The number of hydrogen-bond acceptors (Lipinski definition) is 5. The Balaban J connectivity index is 2.40. The fourth-order valence-corrected chi connectivity index (χ4v) is 3.50. The van der Waals surface area contributed by atoms with Gasteiger partial charge in [-0.3, -0.25) is 10.1 Å².